The van der Waals surface area contributed by atoms with E-state index in [-0.39, 0.29) is 17.6 Å². The zero-order valence-electron chi connectivity index (χ0n) is 16.1. The van der Waals surface area contributed by atoms with Gasteiger partial charge in [0.2, 0.25) is 0 Å². The molecule has 0 bridgehead atoms. The summed E-state index contributed by atoms with van der Waals surface area (Å²) in [6.07, 6.45) is 1.47. The first-order chi connectivity index (χ1) is 13.6. The molecule has 4 rings (SSSR count). The number of carbonyl (C=O) groups is 1. The van der Waals surface area contributed by atoms with Crippen molar-refractivity contribution in [3.05, 3.63) is 81.2 Å². The second kappa shape index (κ2) is 7.60. The number of aryl methyl sites for hydroxylation is 1. The van der Waals surface area contributed by atoms with Gasteiger partial charge in [0.25, 0.3) is 0 Å². The molecule has 0 amide bonds. The summed E-state index contributed by atoms with van der Waals surface area (Å²) in [6.45, 7) is 3.17. The van der Waals surface area contributed by atoms with Gasteiger partial charge in [-0.1, -0.05) is 43.3 Å². The van der Waals surface area contributed by atoms with Crippen molar-refractivity contribution in [3.8, 4) is 0 Å². The lowest BCUT2D eigenvalue weighted by atomic mass is 9.93. The van der Waals surface area contributed by atoms with Crippen LogP contribution in [0.3, 0.4) is 0 Å². The fourth-order valence-electron chi connectivity index (χ4n) is 3.96. The number of hydrogen-bond acceptors (Lipinski definition) is 5. The summed E-state index contributed by atoms with van der Waals surface area (Å²) in [7, 11) is 1.42. The van der Waals surface area contributed by atoms with Crippen LogP contribution in [0.15, 0.2) is 57.7 Å². The Bertz CT molecular complexity index is 1090. The number of rotatable bonds is 4. The molecule has 0 N–H and O–H groups in total. The molecule has 1 aliphatic heterocycles. The molecular weight excluding hydrogens is 354 g/mol. The molecule has 0 saturated carbocycles. The summed E-state index contributed by atoms with van der Waals surface area (Å²) >= 11 is 0. The normalized spacial score (nSPS) is 16.7. The summed E-state index contributed by atoms with van der Waals surface area (Å²) in [5, 5.41) is 0.902. The predicted octanol–water partition coefficient (Wildman–Crippen LogP) is 3.46. The molecule has 1 aromatic heterocycles. The SMILES string of the molecule is CCc1ccc2c(CN3Cc4ccccc4C[C@H]3C(=O)OC)cc(=O)oc2c1. The van der Waals surface area contributed by atoms with E-state index in [0.717, 1.165) is 22.9 Å². The Hall–Kier alpha value is -2.92. The summed E-state index contributed by atoms with van der Waals surface area (Å²) < 4.78 is 10.5. The maximum Gasteiger partial charge on any atom is 0.336 e. The van der Waals surface area contributed by atoms with Gasteiger partial charge in [-0.15, -0.1) is 0 Å². The molecule has 1 atom stereocenters. The van der Waals surface area contributed by atoms with E-state index in [4.69, 9.17) is 9.15 Å². The van der Waals surface area contributed by atoms with Crippen LogP contribution in [0.25, 0.3) is 11.0 Å². The van der Waals surface area contributed by atoms with Gasteiger partial charge in [0.1, 0.15) is 11.6 Å². The smallest absolute Gasteiger partial charge is 0.336 e. The van der Waals surface area contributed by atoms with Gasteiger partial charge in [-0.3, -0.25) is 9.69 Å². The van der Waals surface area contributed by atoms with Crippen LogP contribution in [0.2, 0.25) is 0 Å². The van der Waals surface area contributed by atoms with Crippen LogP contribution in [0.4, 0.5) is 0 Å². The van der Waals surface area contributed by atoms with E-state index in [2.05, 4.69) is 30.0 Å². The quantitative estimate of drug-likeness (QED) is 0.515. The summed E-state index contributed by atoms with van der Waals surface area (Å²) in [5.74, 6) is -0.255. The lowest BCUT2D eigenvalue weighted by Crippen LogP contribution is -2.45. The minimum atomic E-state index is -0.378. The van der Waals surface area contributed by atoms with Crippen LogP contribution in [-0.2, 0) is 35.5 Å². The standard InChI is InChI=1S/C23H23NO4/c1-3-15-8-9-19-18(12-22(25)28-21(19)10-15)14-24-13-17-7-5-4-6-16(17)11-20(24)23(26)27-2/h4-10,12,20H,3,11,13-14H2,1-2H3/t20-/m0/s1. The van der Waals surface area contributed by atoms with Crippen LogP contribution < -0.4 is 5.63 Å². The predicted molar refractivity (Wildman–Crippen MR) is 107 cm³/mol. The second-order valence-electron chi connectivity index (χ2n) is 7.19. The van der Waals surface area contributed by atoms with Gasteiger partial charge in [-0.25, -0.2) is 4.79 Å². The maximum atomic E-state index is 12.4. The van der Waals surface area contributed by atoms with Crippen LogP contribution in [0.5, 0.6) is 0 Å². The molecule has 0 spiro atoms. The molecule has 0 aliphatic carbocycles. The first-order valence-corrected chi connectivity index (χ1v) is 9.53. The molecule has 5 heteroatoms. The molecule has 0 radical (unpaired) electrons. The molecule has 0 unspecified atom stereocenters. The van der Waals surface area contributed by atoms with E-state index < -0.39 is 0 Å². The van der Waals surface area contributed by atoms with Crippen LogP contribution in [0.1, 0.15) is 29.2 Å². The van der Waals surface area contributed by atoms with E-state index in [1.165, 1.54) is 24.3 Å². The molecule has 28 heavy (non-hydrogen) atoms. The zero-order chi connectivity index (χ0) is 19.7. The number of nitrogens with zero attached hydrogens (tertiary/aromatic N) is 1. The van der Waals surface area contributed by atoms with Gasteiger partial charge < -0.3 is 9.15 Å². The van der Waals surface area contributed by atoms with Crippen molar-refractivity contribution in [1.29, 1.82) is 0 Å². The highest BCUT2D eigenvalue weighted by Crippen LogP contribution is 2.28. The molecular formula is C23H23NO4. The third-order valence-corrected chi connectivity index (χ3v) is 5.50. The Morgan fingerprint density at radius 1 is 1.18 bits per heavy atom. The summed E-state index contributed by atoms with van der Waals surface area (Å²) in [6, 6.07) is 15.3. The van der Waals surface area contributed by atoms with E-state index >= 15 is 0 Å². The molecule has 1 aliphatic rings. The van der Waals surface area contributed by atoms with Crippen molar-refractivity contribution in [1.82, 2.24) is 4.90 Å². The van der Waals surface area contributed by atoms with Gasteiger partial charge >= 0.3 is 11.6 Å². The zero-order valence-corrected chi connectivity index (χ0v) is 16.1. The summed E-state index contributed by atoms with van der Waals surface area (Å²) in [4.78, 5) is 26.7. The number of carbonyl (C=O) groups excluding carboxylic acids is 1. The number of hydrogen-bond donors (Lipinski definition) is 0. The Morgan fingerprint density at radius 2 is 1.96 bits per heavy atom. The maximum absolute atomic E-state index is 12.4. The molecule has 2 aromatic carbocycles. The highest BCUT2D eigenvalue weighted by Gasteiger charge is 2.32. The van der Waals surface area contributed by atoms with Crippen molar-refractivity contribution >= 4 is 16.9 Å². The van der Waals surface area contributed by atoms with Gasteiger partial charge in [0.05, 0.1) is 7.11 Å². The molecule has 0 saturated heterocycles. The number of ether oxygens (including phenoxy) is 1. The van der Waals surface area contributed by atoms with Crippen LogP contribution in [-0.4, -0.2) is 24.0 Å². The van der Waals surface area contributed by atoms with Gasteiger partial charge in [-0.2, -0.15) is 0 Å². The topological polar surface area (TPSA) is 59.8 Å². The average molecular weight is 377 g/mol. The van der Waals surface area contributed by atoms with E-state index in [0.29, 0.717) is 25.1 Å². The van der Waals surface area contributed by atoms with Crippen LogP contribution >= 0.6 is 0 Å². The largest absolute Gasteiger partial charge is 0.468 e. The number of esters is 1. The third-order valence-electron chi connectivity index (χ3n) is 5.50. The van der Waals surface area contributed by atoms with E-state index in [1.54, 1.807) is 0 Å². The Labute approximate surface area is 163 Å². The first kappa shape index (κ1) is 18.4. The van der Waals surface area contributed by atoms with Crippen molar-refractivity contribution < 1.29 is 13.9 Å². The van der Waals surface area contributed by atoms with Crippen molar-refractivity contribution in [2.45, 2.75) is 38.9 Å². The van der Waals surface area contributed by atoms with Crippen LogP contribution in [0, 0.1) is 0 Å². The number of benzene rings is 2. The third kappa shape index (κ3) is 3.45. The highest BCUT2D eigenvalue weighted by atomic mass is 16.5. The van der Waals surface area contributed by atoms with Crippen molar-refractivity contribution in [2.24, 2.45) is 0 Å². The Morgan fingerprint density at radius 3 is 2.71 bits per heavy atom. The number of fused-ring (bicyclic) bond motifs is 2. The Balaban J connectivity index is 1.74. The first-order valence-electron chi connectivity index (χ1n) is 9.53. The Kier molecular flexibility index (Phi) is 5.01. The lowest BCUT2D eigenvalue weighted by molar-refractivity contribution is -0.147. The fraction of sp³-hybridized carbons (Fsp3) is 0.304. The van der Waals surface area contributed by atoms with Crippen molar-refractivity contribution in [2.75, 3.05) is 7.11 Å². The molecule has 2 heterocycles. The monoisotopic (exact) mass is 377 g/mol. The highest BCUT2D eigenvalue weighted by molar-refractivity contribution is 5.81. The summed E-state index contributed by atoms with van der Waals surface area (Å²) in [5.41, 5.74) is 4.56. The fourth-order valence-corrected chi connectivity index (χ4v) is 3.96. The van der Waals surface area contributed by atoms with Gasteiger partial charge in [0.15, 0.2) is 0 Å². The lowest BCUT2D eigenvalue weighted by Gasteiger charge is -2.35. The molecule has 144 valence electrons. The number of methoxy groups -OCH3 is 1. The van der Waals surface area contributed by atoms with E-state index in [9.17, 15) is 9.59 Å². The minimum absolute atomic E-state index is 0.255. The molecule has 3 aromatic rings. The second-order valence-corrected chi connectivity index (χ2v) is 7.19. The molecule has 5 nitrogen and oxygen atoms in total. The van der Waals surface area contributed by atoms with Crippen molar-refractivity contribution in [3.63, 3.8) is 0 Å². The van der Waals surface area contributed by atoms with Gasteiger partial charge in [-0.05, 0) is 41.2 Å². The average Bonchev–Trinajstić information content (AvgIpc) is 2.72. The molecule has 0 fully saturated rings. The van der Waals surface area contributed by atoms with E-state index in [1.807, 2.05) is 24.3 Å². The van der Waals surface area contributed by atoms with Gasteiger partial charge in [0, 0.05) is 24.5 Å². The minimum Gasteiger partial charge on any atom is -0.468 e.